The maximum Gasteiger partial charge on any atom is 0.370 e. The van der Waals surface area contributed by atoms with Gasteiger partial charge in [0.2, 0.25) is 5.85 Å². The molecular formula is C14H28ClO5P. The summed E-state index contributed by atoms with van der Waals surface area (Å²) in [6.07, 6.45) is 5.71. The normalized spacial score (nSPS) is 13.1. The zero-order chi connectivity index (χ0) is 16.1. The maximum absolute atomic E-state index is 12.7. The van der Waals surface area contributed by atoms with E-state index < -0.39 is 19.4 Å². The Labute approximate surface area is 133 Å². The minimum absolute atomic E-state index is 0.238. The molecule has 0 saturated heterocycles. The van der Waals surface area contributed by atoms with Gasteiger partial charge in [0, 0.05) is 0 Å². The number of halogens is 1. The van der Waals surface area contributed by atoms with Crippen molar-refractivity contribution in [2.75, 3.05) is 19.1 Å². The molecule has 0 aromatic carbocycles. The van der Waals surface area contributed by atoms with Crippen molar-refractivity contribution in [2.24, 2.45) is 0 Å². The number of hydrogen-bond acceptors (Lipinski definition) is 5. The molecule has 1 atom stereocenters. The standard InChI is InChI=1S/C14H28ClO5P/c1-4-7-8-9-10-11-14(20-13(16)12-15)21(17,18-5-2)19-6-3/h14H,4-12H2,1-3H3/t14-/m1/s1. The summed E-state index contributed by atoms with van der Waals surface area (Å²) < 4.78 is 28.4. The quantitative estimate of drug-likeness (QED) is 0.210. The highest BCUT2D eigenvalue weighted by molar-refractivity contribution is 7.54. The Balaban J connectivity index is 4.67. The van der Waals surface area contributed by atoms with Crippen molar-refractivity contribution in [3.05, 3.63) is 0 Å². The van der Waals surface area contributed by atoms with Gasteiger partial charge in [-0.25, -0.2) is 0 Å². The van der Waals surface area contributed by atoms with Crippen molar-refractivity contribution in [2.45, 2.75) is 65.1 Å². The Morgan fingerprint density at radius 2 is 1.62 bits per heavy atom. The summed E-state index contributed by atoms with van der Waals surface area (Å²) in [6, 6.07) is 0. The van der Waals surface area contributed by atoms with Gasteiger partial charge in [-0.1, -0.05) is 32.6 Å². The Morgan fingerprint density at radius 3 is 2.10 bits per heavy atom. The summed E-state index contributed by atoms with van der Waals surface area (Å²) in [7, 11) is -3.45. The molecule has 5 nitrogen and oxygen atoms in total. The van der Waals surface area contributed by atoms with Gasteiger partial charge in [0.1, 0.15) is 5.88 Å². The second kappa shape index (κ2) is 12.5. The lowest BCUT2D eigenvalue weighted by molar-refractivity contribution is -0.143. The largest absolute Gasteiger partial charge is 0.448 e. The molecule has 0 radical (unpaired) electrons. The van der Waals surface area contributed by atoms with E-state index >= 15 is 0 Å². The van der Waals surface area contributed by atoms with Gasteiger partial charge < -0.3 is 13.8 Å². The molecule has 0 aliphatic rings. The predicted octanol–water partition coefficient (Wildman–Crippen LogP) is 4.72. The van der Waals surface area contributed by atoms with Gasteiger partial charge in [-0.05, 0) is 26.7 Å². The molecule has 0 heterocycles. The highest BCUT2D eigenvalue weighted by Crippen LogP contribution is 2.55. The zero-order valence-corrected chi connectivity index (χ0v) is 15.0. The van der Waals surface area contributed by atoms with Gasteiger partial charge in [0.25, 0.3) is 0 Å². The Morgan fingerprint density at radius 1 is 1.05 bits per heavy atom. The first-order valence-electron chi connectivity index (χ1n) is 7.68. The van der Waals surface area contributed by atoms with Gasteiger partial charge in [0.15, 0.2) is 0 Å². The van der Waals surface area contributed by atoms with Crippen molar-refractivity contribution in [1.29, 1.82) is 0 Å². The lowest BCUT2D eigenvalue weighted by Crippen LogP contribution is -2.22. The number of alkyl halides is 1. The van der Waals surface area contributed by atoms with Gasteiger partial charge in [-0.3, -0.25) is 9.36 Å². The lowest BCUT2D eigenvalue weighted by atomic mass is 10.1. The van der Waals surface area contributed by atoms with Crippen LogP contribution < -0.4 is 0 Å². The number of ether oxygens (including phenoxy) is 1. The molecule has 7 heteroatoms. The average molecular weight is 343 g/mol. The minimum Gasteiger partial charge on any atom is -0.448 e. The fourth-order valence-electron chi connectivity index (χ4n) is 1.95. The summed E-state index contributed by atoms with van der Waals surface area (Å²) >= 11 is 5.46. The van der Waals surface area contributed by atoms with Crippen LogP contribution in [-0.2, 0) is 23.1 Å². The van der Waals surface area contributed by atoms with Crippen molar-refractivity contribution >= 4 is 25.2 Å². The van der Waals surface area contributed by atoms with E-state index in [4.69, 9.17) is 25.4 Å². The van der Waals surface area contributed by atoms with E-state index in [1.165, 1.54) is 6.42 Å². The number of rotatable bonds is 13. The van der Waals surface area contributed by atoms with Crippen molar-refractivity contribution < 1.29 is 23.1 Å². The van der Waals surface area contributed by atoms with Crippen LogP contribution in [0.4, 0.5) is 0 Å². The molecule has 0 N–H and O–H groups in total. The van der Waals surface area contributed by atoms with E-state index in [1.807, 2.05) is 0 Å². The molecule has 0 aliphatic heterocycles. The van der Waals surface area contributed by atoms with E-state index in [-0.39, 0.29) is 19.1 Å². The van der Waals surface area contributed by atoms with Crippen molar-refractivity contribution in [3.63, 3.8) is 0 Å². The zero-order valence-electron chi connectivity index (χ0n) is 13.3. The molecule has 0 aromatic heterocycles. The maximum atomic E-state index is 12.7. The number of carbonyl (C=O) groups excluding carboxylic acids is 1. The number of esters is 1. The molecule has 21 heavy (non-hydrogen) atoms. The van der Waals surface area contributed by atoms with Gasteiger partial charge in [-0.2, -0.15) is 0 Å². The summed E-state index contributed by atoms with van der Waals surface area (Å²) in [6.45, 7) is 6.08. The molecule has 0 aromatic rings. The molecule has 126 valence electrons. The SMILES string of the molecule is CCCCCCC[C@H](OC(=O)CCl)P(=O)(OCC)OCC. The van der Waals surface area contributed by atoms with Gasteiger partial charge in [-0.15, -0.1) is 11.6 Å². The fourth-order valence-corrected chi connectivity index (χ4v) is 3.89. The highest BCUT2D eigenvalue weighted by atomic mass is 35.5. The monoisotopic (exact) mass is 342 g/mol. The van der Waals surface area contributed by atoms with Crippen molar-refractivity contribution in [1.82, 2.24) is 0 Å². The molecule has 0 spiro atoms. The molecular weight excluding hydrogens is 315 g/mol. The third-order valence-electron chi connectivity index (χ3n) is 2.90. The fraction of sp³-hybridized carbons (Fsp3) is 0.929. The van der Waals surface area contributed by atoms with Crippen LogP contribution in [0.1, 0.15) is 59.3 Å². The molecule has 0 unspecified atom stereocenters. The van der Waals surface area contributed by atoms with Crippen LogP contribution in [-0.4, -0.2) is 30.9 Å². The van der Waals surface area contributed by atoms with Crippen LogP contribution in [0.3, 0.4) is 0 Å². The van der Waals surface area contributed by atoms with Crippen LogP contribution in [0.5, 0.6) is 0 Å². The van der Waals surface area contributed by atoms with Crippen LogP contribution >= 0.6 is 19.2 Å². The van der Waals surface area contributed by atoms with Crippen LogP contribution in [0.2, 0.25) is 0 Å². The summed E-state index contributed by atoms with van der Waals surface area (Å²) in [4.78, 5) is 11.4. The Hall–Kier alpha value is -0.0900. The predicted molar refractivity (Wildman–Crippen MR) is 84.8 cm³/mol. The van der Waals surface area contributed by atoms with Crippen LogP contribution in [0.15, 0.2) is 0 Å². The van der Waals surface area contributed by atoms with Crippen molar-refractivity contribution in [3.8, 4) is 0 Å². The Bertz CT molecular complexity index is 314. The third kappa shape index (κ3) is 8.82. The number of carbonyl (C=O) groups is 1. The first-order chi connectivity index (χ1) is 10.0. The van der Waals surface area contributed by atoms with Gasteiger partial charge in [0.05, 0.1) is 13.2 Å². The molecule has 0 aliphatic carbocycles. The number of unbranched alkanes of at least 4 members (excludes halogenated alkanes) is 4. The van der Waals surface area contributed by atoms with Gasteiger partial charge >= 0.3 is 13.6 Å². The molecule has 0 bridgehead atoms. The van der Waals surface area contributed by atoms with E-state index in [0.29, 0.717) is 6.42 Å². The van der Waals surface area contributed by atoms with E-state index in [0.717, 1.165) is 25.7 Å². The van der Waals surface area contributed by atoms with Crippen LogP contribution in [0, 0.1) is 0 Å². The number of hydrogen-bond donors (Lipinski definition) is 0. The second-order valence-electron chi connectivity index (χ2n) is 4.66. The summed E-state index contributed by atoms with van der Waals surface area (Å²) in [5.74, 6) is -1.75. The second-order valence-corrected chi connectivity index (χ2v) is 7.10. The average Bonchev–Trinajstić information content (AvgIpc) is 2.46. The highest BCUT2D eigenvalue weighted by Gasteiger charge is 2.38. The lowest BCUT2D eigenvalue weighted by Gasteiger charge is -2.25. The first-order valence-corrected chi connectivity index (χ1v) is 9.82. The molecule has 0 saturated carbocycles. The molecule has 0 rings (SSSR count). The topological polar surface area (TPSA) is 61.8 Å². The molecule has 0 fully saturated rings. The smallest absolute Gasteiger partial charge is 0.370 e. The van der Waals surface area contributed by atoms with Crippen LogP contribution in [0.25, 0.3) is 0 Å². The van der Waals surface area contributed by atoms with E-state index in [9.17, 15) is 9.36 Å². The van der Waals surface area contributed by atoms with E-state index in [1.54, 1.807) is 13.8 Å². The Kier molecular flexibility index (Phi) is 12.4. The third-order valence-corrected chi connectivity index (χ3v) is 5.43. The first kappa shape index (κ1) is 20.9. The summed E-state index contributed by atoms with van der Waals surface area (Å²) in [5, 5.41) is 0. The molecule has 0 amide bonds. The minimum atomic E-state index is -3.45. The summed E-state index contributed by atoms with van der Waals surface area (Å²) in [5.41, 5.74) is 0. The van der Waals surface area contributed by atoms with E-state index in [2.05, 4.69) is 6.92 Å².